The minimum absolute atomic E-state index is 0.0251. The number of hydrogen-bond acceptors (Lipinski definition) is 5. The molecule has 0 saturated carbocycles. The molecule has 3 aromatic rings. The van der Waals surface area contributed by atoms with Crippen molar-refractivity contribution in [3.05, 3.63) is 83.0 Å². The van der Waals surface area contributed by atoms with Gasteiger partial charge in [-0.1, -0.05) is 30.3 Å². The van der Waals surface area contributed by atoms with Crippen LogP contribution < -0.4 is 14.2 Å². The monoisotopic (exact) mass is 432 g/mol. The zero-order chi connectivity index (χ0) is 22.7. The van der Waals surface area contributed by atoms with E-state index < -0.39 is 0 Å². The van der Waals surface area contributed by atoms with E-state index in [1.165, 1.54) is 0 Å². The second kappa shape index (κ2) is 9.30. The minimum Gasteiger partial charge on any atom is -0.493 e. The van der Waals surface area contributed by atoms with Crippen LogP contribution in [0.25, 0.3) is 0 Å². The van der Waals surface area contributed by atoms with Crippen LogP contribution in [0.2, 0.25) is 0 Å². The molecule has 0 bridgehead atoms. The van der Waals surface area contributed by atoms with Gasteiger partial charge in [0.15, 0.2) is 11.5 Å². The zero-order valence-corrected chi connectivity index (χ0v) is 18.9. The van der Waals surface area contributed by atoms with Crippen molar-refractivity contribution in [3.63, 3.8) is 0 Å². The van der Waals surface area contributed by atoms with Crippen molar-refractivity contribution in [1.29, 1.82) is 0 Å². The van der Waals surface area contributed by atoms with Gasteiger partial charge in [0, 0.05) is 18.8 Å². The number of fused-ring (bicyclic) bond motifs is 1. The molecular weight excluding hydrogens is 404 g/mol. The van der Waals surface area contributed by atoms with E-state index in [9.17, 15) is 4.79 Å². The van der Waals surface area contributed by atoms with Gasteiger partial charge in [-0.15, -0.1) is 0 Å². The van der Waals surface area contributed by atoms with Crippen molar-refractivity contribution in [3.8, 4) is 17.4 Å². The molecule has 0 aliphatic carbocycles. The lowest BCUT2D eigenvalue weighted by molar-refractivity contribution is 0.0693. The molecule has 1 aliphatic rings. The predicted octanol–water partition coefficient (Wildman–Crippen LogP) is 4.67. The molecule has 0 spiro atoms. The average molecular weight is 433 g/mol. The van der Waals surface area contributed by atoms with Crippen LogP contribution in [-0.4, -0.2) is 42.7 Å². The van der Waals surface area contributed by atoms with E-state index >= 15 is 0 Å². The third-order valence-corrected chi connectivity index (χ3v) is 5.59. The molecule has 1 amide bonds. The molecule has 6 nitrogen and oxygen atoms in total. The first-order valence-electron chi connectivity index (χ1n) is 10.7. The standard InChI is InChI=1S/C26H28N2O4/c1-17(2)32-24-11-10-20(16-27-24)26(29)28-13-12-19-14-22(30-3)23(31-4)15-21(19)25(28)18-8-6-5-7-9-18/h5-11,14-17,25H,12-13H2,1-4H3. The van der Waals surface area contributed by atoms with Gasteiger partial charge in [-0.05, 0) is 55.2 Å². The van der Waals surface area contributed by atoms with Gasteiger partial charge in [0.25, 0.3) is 5.91 Å². The van der Waals surface area contributed by atoms with Crippen molar-refractivity contribution in [2.45, 2.75) is 32.4 Å². The summed E-state index contributed by atoms with van der Waals surface area (Å²) in [7, 11) is 3.26. The quantitative estimate of drug-likeness (QED) is 0.566. The van der Waals surface area contributed by atoms with Crippen LogP contribution in [0.5, 0.6) is 17.4 Å². The molecule has 4 rings (SSSR count). The van der Waals surface area contributed by atoms with E-state index in [0.29, 0.717) is 29.5 Å². The number of amides is 1. The van der Waals surface area contributed by atoms with Gasteiger partial charge in [0.1, 0.15) is 0 Å². The second-order valence-electron chi connectivity index (χ2n) is 8.02. The molecule has 0 radical (unpaired) electrons. The van der Waals surface area contributed by atoms with E-state index in [0.717, 1.165) is 23.1 Å². The lowest BCUT2D eigenvalue weighted by Crippen LogP contribution is -2.40. The number of carbonyl (C=O) groups excluding carboxylic acids is 1. The number of methoxy groups -OCH3 is 2. The Hall–Kier alpha value is -3.54. The summed E-state index contributed by atoms with van der Waals surface area (Å²) >= 11 is 0. The Balaban J connectivity index is 1.74. The van der Waals surface area contributed by atoms with Crippen LogP contribution in [0.4, 0.5) is 0 Å². The predicted molar refractivity (Wildman–Crippen MR) is 123 cm³/mol. The fraction of sp³-hybridized carbons (Fsp3) is 0.308. The molecule has 0 fully saturated rings. The topological polar surface area (TPSA) is 60.9 Å². The van der Waals surface area contributed by atoms with Crippen LogP contribution in [0, 0.1) is 0 Å². The number of nitrogens with zero attached hydrogens (tertiary/aromatic N) is 2. The van der Waals surface area contributed by atoms with E-state index in [4.69, 9.17) is 14.2 Å². The summed E-state index contributed by atoms with van der Waals surface area (Å²) in [6.07, 6.45) is 2.34. The van der Waals surface area contributed by atoms with Gasteiger partial charge in [0.05, 0.1) is 31.9 Å². The van der Waals surface area contributed by atoms with Gasteiger partial charge in [-0.25, -0.2) is 4.98 Å². The van der Waals surface area contributed by atoms with Gasteiger partial charge in [0.2, 0.25) is 5.88 Å². The SMILES string of the molecule is COc1cc2c(cc1OC)C(c1ccccc1)N(C(=O)c1ccc(OC(C)C)nc1)CC2. The van der Waals surface area contributed by atoms with Gasteiger partial charge in [-0.2, -0.15) is 0 Å². The highest BCUT2D eigenvalue weighted by Crippen LogP contribution is 2.41. The molecule has 0 saturated heterocycles. The molecule has 1 aromatic heterocycles. The number of pyridine rings is 1. The highest BCUT2D eigenvalue weighted by atomic mass is 16.5. The van der Waals surface area contributed by atoms with Crippen LogP contribution in [0.15, 0.2) is 60.8 Å². The number of benzene rings is 2. The summed E-state index contributed by atoms with van der Waals surface area (Å²) < 4.78 is 16.7. The smallest absolute Gasteiger partial charge is 0.256 e. The van der Waals surface area contributed by atoms with Crippen LogP contribution >= 0.6 is 0 Å². The van der Waals surface area contributed by atoms with Gasteiger partial charge >= 0.3 is 0 Å². The maximum Gasteiger partial charge on any atom is 0.256 e. The Kier molecular flexibility index (Phi) is 6.30. The molecule has 32 heavy (non-hydrogen) atoms. The van der Waals surface area contributed by atoms with Crippen molar-refractivity contribution >= 4 is 5.91 Å². The van der Waals surface area contributed by atoms with Crippen molar-refractivity contribution < 1.29 is 19.0 Å². The molecular formula is C26H28N2O4. The first kappa shape index (κ1) is 21.7. The Morgan fingerprint density at radius 1 is 1.03 bits per heavy atom. The van der Waals surface area contributed by atoms with Gasteiger partial charge < -0.3 is 19.1 Å². The normalized spacial score (nSPS) is 15.3. The van der Waals surface area contributed by atoms with Gasteiger partial charge in [-0.3, -0.25) is 4.79 Å². The van der Waals surface area contributed by atoms with E-state index in [1.807, 2.05) is 49.1 Å². The third kappa shape index (κ3) is 4.26. The Bertz CT molecular complexity index is 1080. The largest absolute Gasteiger partial charge is 0.493 e. The Morgan fingerprint density at radius 2 is 1.75 bits per heavy atom. The highest BCUT2D eigenvalue weighted by molar-refractivity contribution is 5.94. The molecule has 1 unspecified atom stereocenters. The van der Waals surface area contributed by atoms with Crippen molar-refractivity contribution in [2.75, 3.05) is 20.8 Å². The zero-order valence-electron chi connectivity index (χ0n) is 18.9. The van der Waals surface area contributed by atoms with E-state index in [1.54, 1.807) is 32.5 Å². The lowest BCUT2D eigenvalue weighted by atomic mass is 9.87. The molecule has 2 heterocycles. The van der Waals surface area contributed by atoms with Crippen LogP contribution in [0.1, 0.15) is 46.9 Å². The minimum atomic E-state index is -0.237. The van der Waals surface area contributed by atoms with E-state index in [-0.39, 0.29) is 18.1 Å². The highest BCUT2D eigenvalue weighted by Gasteiger charge is 2.34. The third-order valence-electron chi connectivity index (χ3n) is 5.59. The number of ether oxygens (including phenoxy) is 3. The molecule has 1 atom stereocenters. The first-order valence-corrected chi connectivity index (χ1v) is 10.7. The summed E-state index contributed by atoms with van der Waals surface area (Å²) in [6, 6.07) is 17.4. The van der Waals surface area contributed by atoms with E-state index in [2.05, 4.69) is 17.1 Å². The molecule has 0 N–H and O–H groups in total. The fourth-order valence-electron chi connectivity index (χ4n) is 4.14. The summed E-state index contributed by atoms with van der Waals surface area (Å²) in [6.45, 7) is 4.48. The summed E-state index contributed by atoms with van der Waals surface area (Å²) in [4.78, 5) is 19.8. The molecule has 1 aliphatic heterocycles. The fourth-order valence-corrected chi connectivity index (χ4v) is 4.14. The number of rotatable bonds is 6. The van der Waals surface area contributed by atoms with Crippen molar-refractivity contribution in [1.82, 2.24) is 9.88 Å². The lowest BCUT2D eigenvalue weighted by Gasteiger charge is -2.38. The molecule has 2 aromatic carbocycles. The van der Waals surface area contributed by atoms with Crippen LogP contribution in [-0.2, 0) is 6.42 Å². The number of aromatic nitrogens is 1. The second-order valence-corrected chi connectivity index (χ2v) is 8.02. The molecule has 166 valence electrons. The first-order chi connectivity index (χ1) is 15.5. The summed E-state index contributed by atoms with van der Waals surface area (Å²) in [5.74, 6) is 1.79. The summed E-state index contributed by atoms with van der Waals surface area (Å²) in [5.41, 5.74) is 3.77. The van der Waals surface area contributed by atoms with Crippen molar-refractivity contribution in [2.24, 2.45) is 0 Å². The Labute approximate surface area is 188 Å². The number of hydrogen-bond donors (Lipinski definition) is 0. The average Bonchev–Trinajstić information content (AvgIpc) is 2.82. The maximum atomic E-state index is 13.6. The summed E-state index contributed by atoms with van der Waals surface area (Å²) in [5, 5.41) is 0. The number of carbonyl (C=O) groups is 1. The molecule has 6 heteroatoms. The van der Waals surface area contributed by atoms with Crippen LogP contribution in [0.3, 0.4) is 0 Å². The maximum absolute atomic E-state index is 13.6. The Morgan fingerprint density at radius 3 is 2.38 bits per heavy atom.